The number of nitrogens with zero attached hydrogens (tertiary/aromatic N) is 7. The summed E-state index contributed by atoms with van der Waals surface area (Å²) in [5, 5.41) is 0.606. The Morgan fingerprint density at radius 2 is 1.83 bits per heavy atom. The van der Waals surface area contributed by atoms with E-state index in [-0.39, 0.29) is 36.0 Å². The Labute approximate surface area is 220 Å². The molecule has 4 rings (SSSR count). The predicted molar refractivity (Wildman–Crippen MR) is 145 cm³/mol. The van der Waals surface area contributed by atoms with Gasteiger partial charge in [-0.15, -0.1) is 12.4 Å². The molecule has 3 heterocycles. The van der Waals surface area contributed by atoms with Gasteiger partial charge in [-0.3, -0.25) is 23.6 Å². The lowest BCUT2D eigenvalue weighted by molar-refractivity contribution is -0.119. The number of hydrogen-bond acceptors (Lipinski definition) is 7. The van der Waals surface area contributed by atoms with Crippen molar-refractivity contribution < 1.29 is 4.79 Å². The fraction of sp³-hybridized carbons (Fsp3) is 0.409. The van der Waals surface area contributed by atoms with Crippen LogP contribution in [0.25, 0.3) is 21.4 Å². The SMILES string of the molecule is CCN(CC)CCN(C(=O)Cn1cnc2c1c(=O)n(C)c(=O)n2C)c1nc2ccc(Br)cc2s1.Cl. The standard InChI is InChI=1S/C22H26BrN7O3S.ClH/c1-5-28(6-2)9-10-30(21-25-15-8-7-14(23)11-16(15)34-21)17(31)12-29-13-24-19-18(29)20(32)27(4)22(33)26(19)3;/h7-8,11,13H,5-6,9-10,12H2,1-4H3;1H. The molecule has 0 aliphatic rings. The van der Waals surface area contributed by atoms with E-state index in [2.05, 4.69) is 39.7 Å². The van der Waals surface area contributed by atoms with Crippen LogP contribution in [0.1, 0.15) is 13.8 Å². The van der Waals surface area contributed by atoms with E-state index >= 15 is 0 Å². The maximum Gasteiger partial charge on any atom is 0.332 e. The monoisotopic (exact) mass is 583 g/mol. The molecule has 35 heavy (non-hydrogen) atoms. The molecule has 3 aromatic heterocycles. The molecule has 13 heteroatoms. The van der Waals surface area contributed by atoms with Gasteiger partial charge in [-0.05, 0) is 31.3 Å². The van der Waals surface area contributed by atoms with Crippen LogP contribution in [-0.4, -0.2) is 60.7 Å². The molecule has 0 fully saturated rings. The van der Waals surface area contributed by atoms with Gasteiger partial charge in [0.05, 0.1) is 16.5 Å². The van der Waals surface area contributed by atoms with Gasteiger partial charge in [0.2, 0.25) is 5.91 Å². The smallest absolute Gasteiger partial charge is 0.315 e. The van der Waals surface area contributed by atoms with Crippen LogP contribution < -0.4 is 16.1 Å². The van der Waals surface area contributed by atoms with Gasteiger partial charge in [-0.2, -0.15) is 0 Å². The molecule has 4 aromatic rings. The van der Waals surface area contributed by atoms with Crippen LogP contribution in [0.5, 0.6) is 0 Å². The Balaban J connectivity index is 0.00000342. The van der Waals surface area contributed by atoms with E-state index in [4.69, 9.17) is 4.98 Å². The van der Waals surface area contributed by atoms with Gasteiger partial charge in [0, 0.05) is 31.7 Å². The molecule has 0 spiro atoms. The lowest BCUT2D eigenvalue weighted by Gasteiger charge is -2.25. The van der Waals surface area contributed by atoms with Crippen molar-refractivity contribution in [2.45, 2.75) is 20.4 Å². The fourth-order valence-corrected chi connectivity index (χ4v) is 5.42. The summed E-state index contributed by atoms with van der Waals surface area (Å²) in [5.41, 5.74) is 0.342. The number of amides is 1. The molecule has 0 radical (unpaired) electrons. The van der Waals surface area contributed by atoms with Gasteiger partial charge in [0.15, 0.2) is 16.3 Å². The molecule has 0 saturated heterocycles. The zero-order chi connectivity index (χ0) is 24.6. The molecule has 0 aliphatic heterocycles. The van der Waals surface area contributed by atoms with Crippen molar-refractivity contribution in [3.05, 3.63) is 49.8 Å². The number of aryl methyl sites for hydroxylation is 1. The highest BCUT2D eigenvalue weighted by atomic mass is 79.9. The highest BCUT2D eigenvalue weighted by Crippen LogP contribution is 2.31. The number of carbonyl (C=O) groups excluding carboxylic acids is 1. The number of anilines is 1. The second kappa shape index (κ2) is 11.0. The first kappa shape index (κ1) is 27.1. The zero-order valence-corrected chi connectivity index (χ0v) is 23.1. The first-order chi connectivity index (χ1) is 16.2. The minimum Gasteiger partial charge on any atom is -0.315 e. The maximum atomic E-state index is 13.6. The number of hydrogen-bond donors (Lipinski definition) is 0. The predicted octanol–water partition coefficient (Wildman–Crippen LogP) is 2.60. The summed E-state index contributed by atoms with van der Waals surface area (Å²) in [5.74, 6) is -0.208. The molecule has 0 atom stereocenters. The molecule has 0 N–H and O–H groups in total. The van der Waals surface area contributed by atoms with Crippen molar-refractivity contribution in [2.24, 2.45) is 14.1 Å². The van der Waals surface area contributed by atoms with Crippen LogP contribution in [0, 0.1) is 0 Å². The number of halogens is 2. The molecule has 0 aliphatic carbocycles. The summed E-state index contributed by atoms with van der Waals surface area (Å²) in [4.78, 5) is 51.4. The van der Waals surface area contributed by atoms with E-state index in [9.17, 15) is 14.4 Å². The summed E-state index contributed by atoms with van der Waals surface area (Å²) >= 11 is 4.94. The van der Waals surface area contributed by atoms with Crippen molar-refractivity contribution in [3.63, 3.8) is 0 Å². The molecule has 188 valence electrons. The van der Waals surface area contributed by atoms with Gasteiger partial charge < -0.3 is 9.47 Å². The number of thiazole rings is 1. The Bertz CT molecular complexity index is 1490. The van der Waals surface area contributed by atoms with Crippen LogP contribution in [0.4, 0.5) is 5.13 Å². The molecule has 0 bridgehead atoms. The Hall–Kier alpha value is -2.54. The second-order valence-corrected chi connectivity index (χ2v) is 9.86. The number of carbonyl (C=O) groups is 1. The van der Waals surface area contributed by atoms with Crippen LogP contribution in [0.15, 0.2) is 38.6 Å². The second-order valence-electron chi connectivity index (χ2n) is 7.93. The van der Waals surface area contributed by atoms with Gasteiger partial charge >= 0.3 is 5.69 Å². The molecule has 0 saturated carbocycles. The zero-order valence-electron chi connectivity index (χ0n) is 19.9. The largest absolute Gasteiger partial charge is 0.332 e. The van der Waals surface area contributed by atoms with Crippen molar-refractivity contribution in [3.8, 4) is 0 Å². The lowest BCUT2D eigenvalue weighted by Crippen LogP contribution is -2.41. The van der Waals surface area contributed by atoms with Gasteiger partial charge in [0.1, 0.15) is 6.54 Å². The van der Waals surface area contributed by atoms with E-state index in [1.807, 2.05) is 18.2 Å². The number of rotatable bonds is 8. The minimum absolute atomic E-state index is 0. The van der Waals surface area contributed by atoms with Crippen molar-refractivity contribution >= 4 is 72.1 Å². The average Bonchev–Trinajstić information content (AvgIpc) is 3.43. The van der Waals surface area contributed by atoms with Crippen LogP contribution in [-0.2, 0) is 25.4 Å². The van der Waals surface area contributed by atoms with Gasteiger partial charge in [-0.25, -0.2) is 14.8 Å². The van der Waals surface area contributed by atoms with Crippen molar-refractivity contribution in [2.75, 3.05) is 31.1 Å². The van der Waals surface area contributed by atoms with E-state index in [0.717, 1.165) is 32.3 Å². The van der Waals surface area contributed by atoms with E-state index in [1.165, 1.54) is 33.8 Å². The van der Waals surface area contributed by atoms with Crippen LogP contribution in [0.2, 0.25) is 0 Å². The summed E-state index contributed by atoms with van der Waals surface area (Å²) in [7, 11) is 2.97. The lowest BCUT2D eigenvalue weighted by atomic mass is 10.3. The summed E-state index contributed by atoms with van der Waals surface area (Å²) in [6.45, 7) is 6.99. The number of aromatic nitrogens is 5. The highest BCUT2D eigenvalue weighted by Gasteiger charge is 2.23. The van der Waals surface area contributed by atoms with Crippen molar-refractivity contribution in [1.29, 1.82) is 0 Å². The fourth-order valence-electron chi connectivity index (χ4n) is 3.86. The third-order valence-electron chi connectivity index (χ3n) is 5.93. The molecular formula is C22H27BrClN7O3S. The number of likely N-dealkylation sites (N-methyl/N-ethyl adjacent to an activating group) is 1. The summed E-state index contributed by atoms with van der Waals surface area (Å²) in [6.07, 6.45) is 1.43. The van der Waals surface area contributed by atoms with Crippen LogP contribution in [0.3, 0.4) is 0 Å². The minimum atomic E-state index is -0.483. The topological polar surface area (TPSA) is 98.3 Å². The number of fused-ring (bicyclic) bond motifs is 2. The Morgan fingerprint density at radius 3 is 2.51 bits per heavy atom. The summed E-state index contributed by atoms with van der Waals surface area (Å²) < 4.78 is 5.76. The average molecular weight is 585 g/mol. The first-order valence-electron chi connectivity index (χ1n) is 10.9. The Morgan fingerprint density at radius 1 is 1.11 bits per heavy atom. The molecule has 0 unspecified atom stereocenters. The molecular weight excluding hydrogens is 558 g/mol. The summed E-state index contributed by atoms with van der Waals surface area (Å²) in [6, 6.07) is 5.82. The number of imidazole rings is 1. The van der Waals surface area contributed by atoms with Crippen molar-refractivity contribution in [1.82, 2.24) is 28.6 Å². The number of benzene rings is 1. The first-order valence-corrected chi connectivity index (χ1v) is 12.6. The van der Waals surface area contributed by atoms with Gasteiger partial charge in [0.25, 0.3) is 5.56 Å². The van der Waals surface area contributed by atoms with E-state index in [1.54, 1.807) is 11.9 Å². The normalized spacial score (nSPS) is 11.4. The maximum absolute atomic E-state index is 13.6. The Kier molecular flexibility index (Phi) is 8.52. The third-order valence-corrected chi connectivity index (χ3v) is 7.46. The third kappa shape index (κ3) is 5.20. The van der Waals surface area contributed by atoms with Crippen LogP contribution >= 0.6 is 39.7 Å². The quantitative estimate of drug-likeness (QED) is 0.316. The molecule has 1 aromatic carbocycles. The highest BCUT2D eigenvalue weighted by molar-refractivity contribution is 9.10. The molecule has 1 amide bonds. The van der Waals surface area contributed by atoms with E-state index < -0.39 is 11.2 Å². The van der Waals surface area contributed by atoms with Gasteiger partial charge in [-0.1, -0.05) is 41.1 Å². The van der Waals surface area contributed by atoms with E-state index in [0.29, 0.717) is 18.2 Å². The molecule has 10 nitrogen and oxygen atoms in total.